The molecule has 0 N–H and O–H groups in total. The number of fused-ring (bicyclic) bond motifs is 1. The Morgan fingerprint density at radius 2 is 2.00 bits per heavy atom. The van der Waals surface area contributed by atoms with Gasteiger partial charge >= 0.3 is 0 Å². The van der Waals surface area contributed by atoms with Gasteiger partial charge in [0.1, 0.15) is 5.15 Å². The van der Waals surface area contributed by atoms with Crippen molar-refractivity contribution >= 4 is 45.8 Å². The van der Waals surface area contributed by atoms with Crippen LogP contribution in [-0.4, -0.2) is 16.8 Å². The third kappa shape index (κ3) is 2.34. The van der Waals surface area contributed by atoms with E-state index in [1.54, 1.807) is 12.1 Å². The molecule has 0 radical (unpaired) electrons. The molecule has 1 aliphatic rings. The molecule has 3 rings (SSSR count). The van der Waals surface area contributed by atoms with Gasteiger partial charge in [0.2, 0.25) is 6.79 Å². The van der Waals surface area contributed by atoms with Gasteiger partial charge in [-0.05, 0) is 41.6 Å². The molecule has 98 valence electrons. The lowest BCUT2D eigenvalue weighted by atomic mass is 10.2. The van der Waals surface area contributed by atoms with E-state index in [9.17, 15) is 0 Å². The van der Waals surface area contributed by atoms with E-state index < -0.39 is 0 Å². The number of nitrogens with zero attached hydrogens (tertiary/aromatic N) is 2. The summed E-state index contributed by atoms with van der Waals surface area (Å²) in [6.45, 7) is 2.05. The number of aromatic nitrogens is 2. The van der Waals surface area contributed by atoms with Crippen LogP contribution in [0.25, 0.3) is 11.4 Å². The van der Waals surface area contributed by atoms with E-state index in [-0.39, 0.29) is 6.79 Å². The molecule has 1 aliphatic heterocycles. The summed E-state index contributed by atoms with van der Waals surface area (Å²) in [5.41, 5.74) is 1.57. The van der Waals surface area contributed by atoms with Crippen LogP contribution in [0.2, 0.25) is 10.2 Å². The summed E-state index contributed by atoms with van der Waals surface area (Å²) in [5, 5.41) is 0.901. The zero-order valence-electron chi connectivity index (χ0n) is 9.71. The number of benzene rings is 1. The summed E-state index contributed by atoms with van der Waals surface area (Å²) in [6.07, 6.45) is 0. The maximum absolute atomic E-state index is 6.14. The Morgan fingerprint density at radius 3 is 2.74 bits per heavy atom. The third-order valence-electron chi connectivity index (χ3n) is 2.66. The van der Waals surface area contributed by atoms with Gasteiger partial charge in [-0.3, -0.25) is 0 Å². The monoisotopic (exact) mass is 408 g/mol. The zero-order chi connectivity index (χ0) is 13.6. The van der Waals surface area contributed by atoms with Gasteiger partial charge in [0.25, 0.3) is 0 Å². The second-order valence-electron chi connectivity index (χ2n) is 3.93. The minimum atomic E-state index is 0.172. The number of rotatable bonds is 1. The van der Waals surface area contributed by atoms with Crippen molar-refractivity contribution in [3.63, 3.8) is 0 Å². The molecule has 0 bridgehead atoms. The lowest BCUT2D eigenvalue weighted by Crippen LogP contribution is -1.96. The Hall–Kier alpha value is -0.790. The van der Waals surface area contributed by atoms with E-state index >= 15 is 0 Å². The second-order valence-corrected chi connectivity index (χ2v) is 5.77. The van der Waals surface area contributed by atoms with Crippen molar-refractivity contribution in [2.45, 2.75) is 6.92 Å². The molecular weight excluding hydrogens is 402 g/mol. The fraction of sp³-hybridized carbons (Fsp3) is 0.167. The molecule has 0 spiro atoms. The summed E-state index contributed by atoms with van der Waals surface area (Å²) in [6, 6.07) is 3.54. The van der Waals surface area contributed by atoms with Crippen LogP contribution in [0.4, 0.5) is 0 Å². The van der Waals surface area contributed by atoms with Crippen molar-refractivity contribution in [3.05, 3.63) is 31.6 Å². The summed E-state index contributed by atoms with van der Waals surface area (Å²) in [5.74, 6) is 1.67. The molecular formula is C12H7Cl2IN2O2. The molecule has 0 unspecified atom stereocenters. The highest BCUT2D eigenvalue weighted by molar-refractivity contribution is 14.1. The molecule has 2 aromatic rings. The van der Waals surface area contributed by atoms with Crippen molar-refractivity contribution in [3.8, 4) is 22.9 Å². The first-order valence-corrected chi connectivity index (χ1v) is 7.19. The number of hydrogen-bond donors (Lipinski definition) is 0. The van der Waals surface area contributed by atoms with Crippen molar-refractivity contribution in [1.29, 1.82) is 0 Å². The number of halogens is 3. The van der Waals surface area contributed by atoms with Crippen LogP contribution < -0.4 is 9.47 Å². The quantitative estimate of drug-likeness (QED) is 0.526. The van der Waals surface area contributed by atoms with Crippen molar-refractivity contribution < 1.29 is 9.47 Å². The average Bonchev–Trinajstić information content (AvgIpc) is 2.84. The Morgan fingerprint density at radius 1 is 1.21 bits per heavy atom. The smallest absolute Gasteiger partial charge is 0.231 e. The Balaban J connectivity index is 2.15. The maximum atomic E-state index is 6.14. The lowest BCUT2D eigenvalue weighted by Gasteiger charge is -2.07. The van der Waals surface area contributed by atoms with E-state index in [1.165, 1.54) is 0 Å². The third-order valence-corrected chi connectivity index (χ3v) is 4.83. The van der Waals surface area contributed by atoms with Crippen molar-refractivity contribution in [2.75, 3.05) is 6.79 Å². The standard InChI is InChI=1S/C12H7Cl2IN2O2/c1-5-9(15)11(14)17-12(16-5)6-2-7(13)10-8(3-6)18-4-19-10/h2-3H,4H2,1H3. The fourth-order valence-electron chi connectivity index (χ4n) is 1.75. The predicted molar refractivity (Wildman–Crippen MR) is 81.1 cm³/mol. The predicted octanol–water partition coefficient (Wildman–Crippen LogP) is 4.09. The first kappa shape index (κ1) is 13.2. The maximum Gasteiger partial charge on any atom is 0.231 e. The van der Waals surface area contributed by atoms with Crippen LogP contribution in [0.5, 0.6) is 11.5 Å². The van der Waals surface area contributed by atoms with Crippen molar-refractivity contribution in [2.24, 2.45) is 0 Å². The summed E-state index contributed by atoms with van der Waals surface area (Å²) >= 11 is 14.3. The highest BCUT2D eigenvalue weighted by Gasteiger charge is 2.20. The topological polar surface area (TPSA) is 44.2 Å². The SMILES string of the molecule is Cc1nc(-c2cc(Cl)c3c(c2)OCO3)nc(Cl)c1I. The molecule has 0 saturated carbocycles. The van der Waals surface area contributed by atoms with Crippen LogP contribution in [-0.2, 0) is 0 Å². The summed E-state index contributed by atoms with van der Waals surface area (Å²) in [4.78, 5) is 8.67. The van der Waals surface area contributed by atoms with Gasteiger partial charge in [0, 0.05) is 5.56 Å². The first-order chi connectivity index (χ1) is 9.06. The molecule has 19 heavy (non-hydrogen) atoms. The van der Waals surface area contributed by atoms with Gasteiger partial charge < -0.3 is 9.47 Å². The number of hydrogen-bond acceptors (Lipinski definition) is 4. The molecule has 0 amide bonds. The zero-order valence-corrected chi connectivity index (χ0v) is 13.4. The van der Waals surface area contributed by atoms with Crippen LogP contribution in [0.1, 0.15) is 5.69 Å². The van der Waals surface area contributed by atoms with E-state index in [1.807, 2.05) is 6.92 Å². The highest BCUT2D eigenvalue weighted by atomic mass is 127. The van der Waals surface area contributed by atoms with Gasteiger partial charge in [-0.2, -0.15) is 0 Å². The van der Waals surface area contributed by atoms with Gasteiger partial charge in [-0.25, -0.2) is 9.97 Å². The molecule has 1 aromatic heterocycles. The molecule has 0 aliphatic carbocycles. The van der Waals surface area contributed by atoms with Crippen LogP contribution in [0.15, 0.2) is 12.1 Å². The second kappa shape index (κ2) is 4.96. The van der Waals surface area contributed by atoms with E-state index in [0.29, 0.717) is 27.5 Å². The highest BCUT2D eigenvalue weighted by Crippen LogP contribution is 2.42. The van der Waals surface area contributed by atoms with E-state index in [0.717, 1.165) is 14.8 Å². The molecule has 0 fully saturated rings. The van der Waals surface area contributed by atoms with Crippen LogP contribution >= 0.6 is 45.8 Å². The van der Waals surface area contributed by atoms with Crippen LogP contribution in [0, 0.1) is 10.5 Å². The largest absolute Gasteiger partial charge is 0.454 e. The summed E-state index contributed by atoms with van der Waals surface area (Å²) in [7, 11) is 0. The fourth-order valence-corrected chi connectivity index (χ4v) is 2.47. The molecule has 1 aromatic carbocycles. The average molecular weight is 409 g/mol. The minimum absolute atomic E-state index is 0.172. The Labute approximate surface area is 133 Å². The molecule has 4 nitrogen and oxygen atoms in total. The first-order valence-electron chi connectivity index (χ1n) is 5.35. The Bertz CT molecular complexity index is 656. The molecule has 2 heterocycles. The minimum Gasteiger partial charge on any atom is -0.454 e. The van der Waals surface area contributed by atoms with E-state index in [2.05, 4.69) is 32.6 Å². The number of ether oxygens (including phenoxy) is 2. The molecule has 0 atom stereocenters. The normalized spacial score (nSPS) is 12.8. The van der Waals surface area contributed by atoms with Gasteiger partial charge in [-0.15, -0.1) is 0 Å². The number of aryl methyl sites for hydroxylation is 1. The lowest BCUT2D eigenvalue weighted by molar-refractivity contribution is 0.174. The van der Waals surface area contributed by atoms with E-state index in [4.69, 9.17) is 32.7 Å². The summed E-state index contributed by atoms with van der Waals surface area (Å²) < 4.78 is 11.4. The van der Waals surface area contributed by atoms with Crippen molar-refractivity contribution in [1.82, 2.24) is 9.97 Å². The molecule has 0 saturated heterocycles. The Kier molecular flexibility index (Phi) is 3.44. The van der Waals surface area contributed by atoms with Gasteiger partial charge in [0.05, 0.1) is 14.3 Å². The van der Waals surface area contributed by atoms with Crippen LogP contribution in [0.3, 0.4) is 0 Å². The van der Waals surface area contributed by atoms with Gasteiger partial charge in [-0.1, -0.05) is 23.2 Å². The van der Waals surface area contributed by atoms with Gasteiger partial charge in [0.15, 0.2) is 17.3 Å². The molecule has 7 heteroatoms.